The van der Waals surface area contributed by atoms with E-state index in [9.17, 15) is 19.5 Å². The maximum absolute atomic E-state index is 12.4. The van der Waals surface area contributed by atoms with Gasteiger partial charge in [-0.05, 0) is 103 Å². The number of morpholine rings is 2. The molecule has 2 amide bonds. The first-order chi connectivity index (χ1) is 27.9. The van der Waals surface area contributed by atoms with E-state index in [1.807, 2.05) is 77.9 Å². The minimum atomic E-state index is -0.476. The Kier molecular flexibility index (Phi) is 19.2. The van der Waals surface area contributed by atoms with Crippen molar-refractivity contribution < 1.29 is 43.5 Å². The van der Waals surface area contributed by atoms with Gasteiger partial charge in [0.05, 0.1) is 38.6 Å². The number of ether oxygens (including phenoxy) is 4. The molecule has 0 spiro atoms. The fourth-order valence-electron chi connectivity index (χ4n) is 7.20. The predicted octanol–water partition coefficient (Wildman–Crippen LogP) is 6.16. The van der Waals surface area contributed by atoms with Crippen molar-refractivity contribution in [1.82, 2.24) is 20.0 Å². The molecule has 330 valence electrons. The van der Waals surface area contributed by atoms with Crippen LogP contribution in [-0.4, -0.2) is 150 Å². The fourth-order valence-corrected chi connectivity index (χ4v) is 7.45. The summed E-state index contributed by atoms with van der Waals surface area (Å²) in [7, 11) is 0. The number of halogens is 2. The summed E-state index contributed by atoms with van der Waals surface area (Å²) in [5.74, 6) is 0.227. The lowest BCUT2D eigenvalue weighted by molar-refractivity contribution is -0.121. The van der Waals surface area contributed by atoms with E-state index in [1.165, 1.54) is 11.1 Å². The number of ketones is 1. The van der Waals surface area contributed by atoms with Crippen molar-refractivity contribution in [3.05, 3.63) is 69.7 Å². The number of hydrogen-bond acceptors (Lipinski definition) is 11. The molecule has 0 aromatic heterocycles. The Morgan fingerprint density at radius 1 is 0.729 bits per heavy atom. The van der Waals surface area contributed by atoms with Gasteiger partial charge in [-0.15, -0.1) is 0 Å². The number of aliphatic hydroxyl groups excluding tert-OH is 2. The highest BCUT2D eigenvalue weighted by atomic mass is 35.5. The predicted molar refractivity (Wildman–Crippen MR) is 229 cm³/mol. The highest BCUT2D eigenvalue weighted by Crippen LogP contribution is 2.26. The number of amides is 2. The van der Waals surface area contributed by atoms with Crippen molar-refractivity contribution >= 4 is 41.2 Å². The molecule has 4 atom stereocenters. The molecule has 15 heteroatoms. The highest BCUT2D eigenvalue weighted by Gasteiger charge is 2.37. The first kappa shape index (κ1) is 48.7. The van der Waals surface area contributed by atoms with Gasteiger partial charge < -0.3 is 44.3 Å². The Morgan fingerprint density at radius 2 is 1.20 bits per heavy atom. The number of nitrogens with one attached hydrogen (secondary N) is 1. The van der Waals surface area contributed by atoms with Crippen LogP contribution in [0.2, 0.25) is 10.0 Å². The molecule has 4 aliphatic heterocycles. The van der Waals surface area contributed by atoms with Crippen LogP contribution in [0.3, 0.4) is 0 Å². The summed E-state index contributed by atoms with van der Waals surface area (Å²) in [6, 6.07) is 16.7. The summed E-state index contributed by atoms with van der Waals surface area (Å²) in [5, 5.41) is 23.4. The number of hydrogen-bond donors (Lipinski definition) is 3. The molecule has 6 rings (SSSR count). The Morgan fingerprint density at radius 3 is 1.66 bits per heavy atom. The molecule has 0 aliphatic carbocycles. The molecule has 4 saturated heterocycles. The number of aliphatic hydroxyl groups is 2. The van der Waals surface area contributed by atoms with Crippen LogP contribution in [0.25, 0.3) is 0 Å². The van der Waals surface area contributed by atoms with Crippen LogP contribution in [0, 0.1) is 0 Å². The lowest BCUT2D eigenvalue weighted by Gasteiger charge is -2.46. The van der Waals surface area contributed by atoms with E-state index in [2.05, 4.69) is 22.3 Å². The molecule has 4 aliphatic rings. The lowest BCUT2D eigenvalue weighted by atomic mass is 9.96. The zero-order valence-corrected chi connectivity index (χ0v) is 37.2. The second-order valence-corrected chi connectivity index (χ2v) is 18.5. The Balaban J connectivity index is 0.000000216. The molecular formula is C44H66Cl2N4O9. The largest absolute Gasteiger partial charge is 0.444 e. The monoisotopic (exact) mass is 864 g/mol. The third-order valence-corrected chi connectivity index (χ3v) is 10.8. The average Bonchev–Trinajstić information content (AvgIpc) is 3.19. The van der Waals surface area contributed by atoms with Crippen molar-refractivity contribution in [2.45, 2.75) is 122 Å². The van der Waals surface area contributed by atoms with Crippen molar-refractivity contribution in [2.24, 2.45) is 0 Å². The van der Waals surface area contributed by atoms with E-state index in [0.29, 0.717) is 70.9 Å². The molecule has 0 bridgehead atoms. The van der Waals surface area contributed by atoms with E-state index in [1.54, 1.807) is 9.80 Å². The van der Waals surface area contributed by atoms with Crippen molar-refractivity contribution in [3.63, 3.8) is 0 Å². The zero-order valence-electron chi connectivity index (χ0n) is 35.7. The standard InChI is InChI=1S/C22H33ClN2O4.C12H16ClNO2.C10H17NO3/c1-22(2,3)29-21(27)24-10-8-18(9-11-24)25-13-20(14-26)28-15-19(25)12-16-4-6-17(23)7-5-16;13-10-3-1-9(2-4-10)5-11-8-16-12(7-15)6-14-11;1-10(2,3)14-9(13)11-6-4-8(12)5-7-11/h4-7,18-20,26H,8-15H2,1-3H3;1-4,11-12,14-15H,5-8H2;4-7H2,1-3H3/t19?,20-;11?,12-;/m11./s1. The quantitative estimate of drug-likeness (QED) is 0.294. The Labute approximate surface area is 360 Å². The molecule has 13 nitrogen and oxygen atoms in total. The van der Waals surface area contributed by atoms with E-state index in [-0.39, 0.29) is 49.4 Å². The molecule has 2 aromatic rings. The Bertz CT molecular complexity index is 1580. The third kappa shape index (κ3) is 17.5. The first-order valence-corrected chi connectivity index (χ1v) is 21.6. The number of Topliss-reactive ketones (excluding diaryl/α,β-unsaturated/α-hetero) is 1. The SMILES string of the molecule is CC(C)(C)OC(=O)N1CCC(=O)CC1.CC(C)(C)OC(=O)N1CCC(N2C[C@H](CO)OCC2Cc2ccc(Cl)cc2)CC1.OC[C@H]1CNC(Cc2ccc(Cl)cc2)CO1. The van der Waals surface area contributed by atoms with E-state index in [4.69, 9.17) is 47.3 Å². The molecule has 0 radical (unpaired) electrons. The number of rotatable bonds is 7. The van der Waals surface area contributed by atoms with Crippen LogP contribution in [0.1, 0.15) is 78.4 Å². The summed E-state index contributed by atoms with van der Waals surface area (Å²) in [6.07, 6.45) is 3.76. The average molecular weight is 866 g/mol. The van der Waals surface area contributed by atoms with Crippen LogP contribution in [0.4, 0.5) is 9.59 Å². The number of carbonyl (C=O) groups excluding carboxylic acids is 3. The van der Waals surface area contributed by atoms with Gasteiger partial charge in [-0.2, -0.15) is 0 Å². The van der Waals surface area contributed by atoms with E-state index < -0.39 is 11.2 Å². The molecule has 4 heterocycles. The summed E-state index contributed by atoms with van der Waals surface area (Å²) in [5.41, 5.74) is 1.53. The fraction of sp³-hybridized carbons (Fsp3) is 0.659. The lowest BCUT2D eigenvalue weighted by Crippen LogP contribution is -2.58. The minimum Gasteiger partial charge on any atom is -0.444 e. The summed E-state index contributed by atoms with van der Waals surface area (Å²) < 4.78 is 22.1. The second kappa shape index (κ2) is 23.3. The van der Waals surface area contributed by atoms with Crippen molar-refractivity contribution in [1.29, 1.82) is 0 Å². The summed E-state index contributed by atoms with van der Waals surface area (Å²) in [4.78, 5) is 40.7. The van der Waals surface area contributed by atoms with Crippen molar-refractivity contribution in [3.8, 4) is 0 Å². The maximum Gasteiger partial charge on any atom is 0.410 e. The number of benzene rings is 2. The van der Waals surface area contributed by atoms with Crippen LogP contribution >= 0.6 is 23.2 Å². The van der Waals surface area contributed by atoms with Crippen LogP contribution in [0.5, 0.6) is 0 Å². The van der Waals surface area contributed by atoms with Gasteiger partial charge in [-0.3, -0.25) is 9.69 Å². The molecule has 4 fully saturated rings. The van der Waals surface area contributed by atoms with Gasteiger partial charge in [0.25, 0.3) is 0 Å². The van der Waals surface area contributed by atoms with Crippen LogP contribution < -0.4 is 5.32 Å². The second-order valence-electron chi connectivity index (χ2n) is 17.6. The molecular weight excluding hydrogens is 799 g/mol. The van der Waals surface area contributed by atoms with Crippen LogP contribution in [0.15, 0.2) is 48.5 Å². The van der Waals surface area contributed by atoms with Gasteiger partial charge in [0.1, 0.15) is 17.0 Å². The number of likely N-dealkylation sites (tertiary alicyclic amines) is 2. The summed E-state index contributed by atoms with van der Waals surface area (Å²) in [6.45, 7) is 16.3. The van der Waals surface area contributed by atoms with Gasteiger partial charge in [0, 0.05) is 80.3 Å². The minimum absolute atomic E-state index is 0.0287. The molecule has 3 N–H and O–H groups in total. The molecule has 59 heavy (non-hydrogen) atoms. The number of nitrogens with zero attached hydrogens (tertiary/aromatic N) is 3. The van der Waals surface area contributed by atoms with E-state index in [0.717, 1.165) is 42.3 Å². The zero-order chi connectivity index (χ0) is 43.2. The molecule has 0 saturated carbocycles. The van der Waals surface area contributed by atoms with Gasteiger partial charge in [0.15, 0.2) is 0 Å². The number of carbonyl (C=O) groups is 3. The molecule has 2 unspecified atom stereocenters. The van der Waals surface area contributed by atoms with Gasteiger partial charge >= 0.3 is 12.2 Å². The molecule has 2 aromatic carbocycles. The summed E-state index contributed by atoms with van der Waals surface area (Å²) >= 11 is 11.8. The first-order valence-electron chi connectivity index (χ1n) is 20.8. The third-order valence-electron chi connectivity index (χ3n) is 10.3. The van der Waals surface area contributed by atoms with E-state index >= 15 is 0 Å². The normalized spacial score (nSPS) is 23.3. The van der Waals surface area contributed by atoms with Gasteiger partial charge in [-0.1, -0.05) is 47.5 Å². The Hall–Kier alpha value is -3.01. The topological polar surface area (TPSA) is 150 Å². The van der Waals surface area contributed by atoms with Crippen LogP contribution in [-0.2, 0) is 36.6 Å². The van der Waals surface area contributed by atoms with Gasteiger partial charge in [0.2, 0.25) is 0 Å². The van der Waals surface area contributed by atoms with Gasteiger partial charge in [-0.25, -0.2) is 9.59 Å². The highest BCUT2D eigenvalue weighted by molar-refractivity contribution is 6.30. The maximum atomic E-state index is 12.4. The van der Waals surface area contributed by atoms with Crippen molar-refractivity contribution in [2.75, 3.05) is 65.7 Å². The smallest absolute Gasteiger partial charge is 0.410 e. The number of piperidine rings is 2.